The van der Waals surface area contributed by atoms with Crippen molar-refractivity contribution in [3.8, 4) is 17.1 Å². The molecule has 0 fully saturated rings. The highest BCUT2D eigenvalue weighted by atomic mass is 19.1. The van der Waals surface area contributed by atoms with Crippen molar-refractivity contribution in [3.63, 3.8) is 0 Å². The highest BCUT2D eigenvalue weighted by Gasteiger charge is 2.18. The summed E-state index contributed by atoms with van der Waals surface area (Å²) < 4.78 is 35.6. The number of imidazole rings is 1. The Balaban J connectivity index is 2.01. The quantitative estimate of drug-likeness (QED) is 0.548. The van der Waals surface area contributed by atoms with E-state index in [2.05, 4.69) is 15.2 Å². The molecule has 0 aliphatic rings. The maximum absolute atomic E-state index is 14.6. The van der Waals surface area contributed by atoms with Crippen molar-refractivity contribution in [2.45, 2.75) is 20.3 Å². The first-order chi connectivity index (χ1) is 12.6. The number of aromatic nitrogens is 4. The molecule has 0 aliphatic heterocycles. The molecule has 0 amide bonds. The van der Waals surface area contributed by atoms with Gasteiger partial charge in [0.05, 0.1) is 23.4 Å². The van der Waals surface area contributed by atoms with Gasteiger partial charge in [-0.15, -0.1) is 10.2 Å². The van der Waals surface area contributed by atoms with Crippen LogP contribution in [0.2, 0.25) is 0 Å². The van der Waals surface area contributed by atoms with Crippen LogP contribution in [-0.4, -0.2) is 26.2 Å². The Hall–Kier alpha value is -3.09. The summed E-state index contributed by atoms with van der Waals surface area (Å²) in [5.74, 6) is 0.0318. The SMILES string of the molecule is CCCOc1ccc(F)c(-c2nc(C)c3nnc4ccc(F)cc4n23)c1. The summed E-state index contributed by atoms with van der Waals surface area (Å²) in [4.78, 5) is 4.46. The molecule has 0 unspecified atom stereocenters. The summed E-state index contributed by atoms with van der Waals surface area (Å²) >= 11 is 0. The molecule has 0 atom stereocenters. The Kier molecular flexibility index (Phi) is 3.99. The number of halogens is 2. The molecule has 5 nitrogen and oxygen atoms in total. The van der Waals surface area contributed by atoms with Crippen LogP contribution in [0.1, 0.15) is 19.0 Å². The number of rotatable bonds is 4. The molecular weight excluding hydrogens is 338 g/mol. The molecule has 7 heteroatoms. The number of aryl methyl sites for hydroxylation is 1. The van der Waals surface area contributed by atoms with Crippen molar-refractivity contribution in [2.24, 2.45) is 0 Å². The fourth-order valence-electron chi connectivity index (χ4n) is 2.89. The Morgan fingerprint density at radius 1 is 1.08 bits per heavy atom. The second-order valence-electron chi connectivity index (χ2n) is 6.00. The van der Waals surface area contributed by atoms with Gasteiger partial charge in [-0.25, -0.2) is 13.8 Å². The monoisotopic (exact) mass is 354 g/mol. The highest BCUT2D eigenvalue weighted by molar-refractivity contribution is 5.80. The van der Waals surface area contributed by atoms with Gasteiger partial charge in [0, 0.05) is 6.07 Å². The lowest BCUT2D eigenvalue weighted by Crippen LogP contribution is -2.00. The Morgan fingerprint density at radius 2 is 1.92 bits per heavy atom. The van der Waals surface area contributed by atoms with Crippen molar-refractivity contribution in [2.75, 3.05) is 6.61 Å². The molecule has 2 heterocycles. The van der Waals surface area contributed by atoms with E-state index in [9.17, 15) is 8.78 Å². The number of benzene rings is 2. The minimum atomic E-state index is -0.442. The van der Waals surface area contributed by atoms with Gasteiger partial charge < -0.3 is 4.74 Å². The minimum Gasteiger partial charge on any atom is -0.494 e. The van der Waals surface area contributed by atoms with Crippen molar-refractivity contribution >= 4 is 16.7 Å². The molecule has 132 valence electrons. The van der Waals surface area contributed by atoms with Gasteiger partial charge in [-0.3, -0.25) is 4.40 Å². The first-order valence-corrected chi connectivity index (χ1v) is 8.32. The van der Waals surface area contributed by atoms with Crippen LogP contribution in [0.25, 0.3) is 28.1 Å². The van der Waals surface area contributed by atoms with E-state index in [0.29, 0.717) is 40.6 Å². The van der Waals surface area contributed by atoms with Crippen molar-refractivity contribution in [3.05, 3.63) is 53.7 Å². The molecule has 2 aromatic carbocycles. The summed E-state index contributed by atoms with van der Waals surface area (Å²) in [6.45, 7) is 4.29. The summed E-state index contributed by atoms with van der Waals surface area (Å²) in [6.07, 6.45) is 0.845. The molecule has 0 saturated carbocycles. The van der Waals surface area contributed by atoms with Crippen LogP contribution in [-0.2, 0) is 0 Å². The van der Waals surface area contributed by atoms with Crippen LogP contribution in [0.15, 0.2) is 36.4 Å². The van der Waals surface area contributed by atoms with E-state index in [-0.39, 0.29) is 5.56 Å². The van der Waals surface area contributed by atoms with Gasteiger partial charge in [-0.2, -0.15) is 0 Å². The Morgan fingerprint density at radius 3 is 2.73 bits per heavy atom. The summed E-state index contributed by atoms with van der Waals surface area (Å²) in [5, 5.41) is 8.26. The zero-order valence-corrected chi connectivity index (χ0v) is 14.3. The van der Waals surface area contributed by atoms with Gasteiger partial charge in [-0.1, -0.05) is 6.92 Å². The number of hydrogen-bond acceptors (Lipinski definition) is 4. The standard InChI is InChI=1S/C19H16F2N4O/c1-3-8-26-13-5-6-15(21)14(10-13)19-22-11(2)18-24-23-16-7-4-12(20)9-17(16)25(18)19/h4-7,9-10H,3,8H2,1-2H3. The molecule has 4 aromatic rings. The van der Waals surface area contributed by atoms with E-state index in [4.69, 9.17) is 4.74 Å². The van der Waals surface area contributed by atoms with E-state index >= 15 is 0 Å². The topological polar surface area (TPSA) is 52.3 Å². The largest absolute Gasteiger partial charge is 0.494 e. The van der Waals surface area contributed by atoms with Gasteiger partial charge >= 0.3 is 0 Å². The fraction of sp³-hybridized carbons (Fsp3) is 0.211. The van der Waals surface area contributed by atoms with Gasteiger partial charge in [0.1, 0.15) is 28.7 Å². The molecule has 26 heavy (non-hydrogen) atoms. The lowest BCUT2D eigenvalue weighted by atomic mass is 10.2. The third kappa shape index (κ3) is 2.65. The number of nitrogens with zero attached hydrogens (tertiary/aromatic N) is 4. The summed E-state index contributed by atoms with van der Waals surface area (Å²) in [6, 6.07) is 8.71. The third-order valence-corrected chi connectivity index (χ3v) is 4.10. The van der Waals surface area contributed by atoms with E-state index in [1.807, 2.05) is 6.92 Å². The van der Waals surface area contributed by atoms with Gasteiger partial charge in [0.2, 0.25) is 0 Å². The van der Waals surface area contributed by atoms with Gasteiger partial charge in [0.15, 0.2) is 5.65 Å². The van der Waals surface area contributed by atoms with Crippen molar-refractivity contribution in [1.82, 2.24) is 19.6 Å². The maximum atomic E-state index is 14.6. The lowest BCUT2D eigenvalue weighted by Gasteiger charge is -2.09. The second-order valence-corrected chi connectivity index (χ2v) is 6.00. The number of ether oxygens (including phenoxy) is 1. The predicted octanol–water partition coefficient (Wildman–Crippen LogP) is 4.32. The Labute approximate surface area is 148 Å². The lowest BCUT2D eigenvalue weighted by molar-refractivity contribution is 0.317. The average molecular weight is 354 g/mol. The number of fused-ring (bicyclic) bond motifs is 3. The predicted molar refractivity (Wildman–Crippen MR) is 94.2 cm³/mol. The van der Waals surface area contributed by atoms with Crippen molar-refractivity contribution < 1.29 is 13.5 Å². The third-order valence-electron chi connectivity index (χ3n) is 4.10. The molecule has 0 radical (unpaired) electrons. The second kappa shape index (κ2) is 6.33. The van der Waals surface area contributed by atoms with Crippen LogP contribution in [0.4, 0.5) is 8.78 Å². The fourth-order valence-corrected chi connectivity index (χ4v) is 2.89. The van der Waals surface area contributed by atoms with Crippen molar-refractivity contribution in [1.29, 1.82) is 0 Å². The van der Waals surface area contributed by atoms with Crippen LogP contribution in [0, 0.1) is 18.6 Å². The van der Waals surface area contributed by atoms with Crippen LogP contribution >= 0.6 is 0 Å². The normalized spacial score (nSPS) is 11.4. The first kappa shape index (κ1) is 16.4. The zero-order valence-electron chi connectivity index (χ0n) is 14.3. The molecule has 0 saturated heterocycles. The summed E-state index contributed by atoms with van der Waals surface area (Å²) in [5.41, 5.74) is 2.27. The molecule has 4 rings (SSSR count). The molecule has 0 spiro atoms. The molecule has 0 N–H and O–H groups in total. The molecule has 0 aliphatic carbocycles. The smallest absolute Gasteiger partial charge is 0.183 e. The van der Waals surface area contributed by atoms with E-state index < -0.39 is 11.6 Å². The average Bonchev–Trinajstić information content (AvgIpc) is 2.98. The minimum absolute atomic E-state index is 0.264. The summed E-state index contributed by atoms with van der Waals surface area (Å²) in [7, 11) is 0. The van der Waals surface area contributed by atoms with Gasteiger partial charge in [0.25, 0.3) is 0 Å². The molecule has 2 aromatic heterocycles. The molecule has 0 bridgehead atoms. The van der Waals surface area contributed by atoms with Crippen LogP contribution in [0.3, 0.4) is 0 Å². The highest BCUT2D eigenvalue weighted by Crippen LogP contribution is 2.30. The van der Waals surface area contributed by atoms with E-state index in [1.165, 1.54) is 24.3 Å². The molecular formula is C19H16F2N4O. The van der Waals surface area contributed by atoms with Crippen LogP contribution < -0.4 is 4.74 Å². The Bertz CT molecular complexity index is 1120. The maximum Gasteiger partial charge on any atom is 0.183 e. The van der Waals surface area contributed by atoms with Crippen LogP contribution in [0.5, 0.6) is 5.75 Å². The van der Waals surface area contributed by atoms with Gasteiger partial charge in [-0.05, 0) is 43.7 Å². The van der Waals surface area contributed by atoms with E-state index in [1.54, 1.807) is 23.5 Å². The van der Waals surface area contributed by atoms with E-state index in [0.717, 1.165) is 6.42 Å². The first-order valence-electron chi connectivity index (χ1n) is 8.32. The number of hydrogen-bond donors (Lipinski definition) is 0. The zero-order chi connectivity index (χ0) is 18.3.